The molecule has 122 valence electrons. The first kappa shape index (κ1) is 16.0. The van der Waals surface area contributed by atoms with E-state index in [9.17, 15) is 9.18 Å². The van der Waals surface area contributed by atoms with Crippen LogP contribution in [-0.2, 0) is 11.3 Å². The Labute approximate surface area is 142 Å². The van der Waals surface area contributed by atoms with E-state index in [4.69, 9.17) is 0 Å². The topological polar surface area (TPSA) is 41.4 Å². The zero-order valence-electron chi connectivity index (χ0n) is 12.7. The summed E-state index contributed by atoms with van der Waals surface area (Å²) in [6.45, 7) is 3.11. The number of amides is 1. The van der Waals surface area contributed by atoms with Crippen molar-refractivity contribution in [1.82, 2.24) is 14.7 Å². The number of carbonyl (C=O) groups excluding carboxylic acids is 1. The number of rotatable bonds is 4. The smallest absolute Gasteiger partial charge is 0.224 e. The molecule has 1 amide bonds. The predicted octanol–water partition coefficient (Wildman–Crippen LogP) is 2.52. The molecule has 1 saturated heterocycles. The molecule has 3 rings (SSSR count). The lowest BCUT2D eigenvalue weighted by molar-refractivity contribution is -0.131. The number of hydrogen-bond acceptors (Lipinski definition) is 3. The molecule has 0 saturated carbocycles. The minimum atomic E-state index is -0.212. The van der Waals surface area contributed by atoms with Gasteiger partial charge >= 0.3 is 0 Å². The highest BCUT2D eigenvalue weighted by Gasteiger charge is 2.22. The van der Waals surface area contributed by atoms with Crippen LogP contribution < -0.4 is 4.90 Å². The van der Waals surface area contributed by atoms with Gasteiger partial charge in [0.25, 0.3) is 0 Å². The summed E-state index contributed by atoms with van der Waals surface area (Å²) in [5, 5.41) is 4.14. The Morgan fingerprint density at radius 3 is 2.61 bits per heavy atom. The van der Waals surface area contributed by atoms with Crippen molar-refractivity contribution in [2.24, 2.45) is 0 Å². The molecule has 1 aliphatic rings. The lowest BCUT2D eigenvalue weighted by atomic mass is 10.2. The molecule has 23 heavy (non-hydrogen) atoms. The molecular formula is C16H18BrFN4O. The van der Waals surface area contributed by atoms with Crippen molar-refractivity contribution in [3.63, 3.8) is 0 Å². The summed E-state index contributed by atoms with van der Waals surface area (Å²) in [6, 6.07) is 6.77. The highest BCUT2D eigenvalue weighted by Crippen LogP contribution is 2.20. The van der Waals surface area contributed by atoms with Crippen molar-refractivity contribution in [3.8, 4) is 0 Å². The van der Waals surface area contributed by atoms with E-state index >= 15 is 0 Å². The number of carbonyl (C=O) groups is 1. The van der Waals surface area contributed by atoms with Crippen LogP contribution in [-0.4, -0.2) is 46.8 Å². The number of piperazine rings is 1. The van der Waals surface area contributed by atoms with Gasteiger partial charge < -0.3 is 9.80 Å². The molecule has 1 aromatic heterocycles. The molecule has 0 radical (unpaired) electrons. The minimum absolute atomic E-state index is 0.116. The number of para-hydroxylation sites is 1. The maximum Gasteiger partial charge on any atom is 0.224 e. The van der Waals surface area contributed by atoms with Gasteiger partial charge in [0.15, 0.2) is 0 Å². The van der Waals surface area contributed by atoms with Crippen molar-refractivity contribution >= 4 is 27.5 Å². The highest BCUT2D eigenvalue weighted by atomic mass is 79.9. The molecule has 0 N–H and O–H groups in total. The Morgan fingerprint density at radius 2 is 1.96 bits per heavy atom. The maximum atomic E-state index is 13.8. The molecule has 5 nitrogen and oxygen atoms in total. The average Bonchev–Trinajstić information content (AvgIpc) is 2.99. The third kappa shape index (κ3) is 3.90. The van der Waals surface area contributed by atoms with Crippen LogP contribution in [0.3, 0.4) is 0 Å². The summed E-state index contributed by atoms with van der Waals surface area (Å²) < 4.78 is 16.5. The monoisotopic (exact) mass is 380 g/mol. The van der Waals surface area contributed by atoms with Gasteiger partial charge in [0.05, 0.1) is 16.4 Å². The van der Waals surface area contributed by atoms with Crippen molar-refractivity contribution in [3.05, 3.63) is 46.9 Å². The Hall–Kier alpha value is -1.89. The van der Waals surface area contributed by atoms with Gasteiger partial charge in [-0.15, -0.1) is 0 Å². The molecule has 1 aromatic carbocycles. The second kappa shape index (κ2) is 7.12. The number of benzene rings is 1. The fraction of sp³-hybridized carbons (Fsp3) is 0.375. The van der Waals surface area contributed by atoms with Crippen molar-refractivity contribution in [2.45, 2.75) is 13.0 Å². The second-order valence-corrected chi connectivity index (χ2v) is 6.41. The summed E-state index contributed by atoms with van der Waals surface area (Å²) in [4.78, 5) is 16.1. The Balaban J connectivity index is 1.50. The largest absolute Gasteiger partial charge is 0.366 e. The molecular weight excluding hydrogens is 363 g/mol. The number of nitrogens with zero attached hydrogens (tertiary/aromatic N) is 4. The van der Waals surface area contributed by atoms with E-state index in [1.54, 1.807) is 23.0 Å². The first-order chi connectivity index (χ1) is 11.1. The lowest BCUT2D eigenvalue weighted by Crippen LogP contribution is -2.49. The molecule has 0 spiro atoms. The highest BCUT2D eigenvalue weighted by molar-refractivity contribution is 9.10. The molecule has 1 aliphatic heterocycles. The summed E-state index contributed by atoms with van der Waals surface area (Å²) in [5.41, 5.74) is 0.612. The van der Waals surface area contributed by atoms with Gasteiger partial charge in [-0.25, -0.2) is 4.39 Å². The molecule has 2 aromatic rings. The molecule has 0 atom stereocenters. The first-order valence-electron chi connectivity index (χ1n) is 7.59. The lowest BCUT2D eigenvalue weighted by Gasteiger charge is -2.36. The predicted molar refractivity (Wildman–Crippen MR) is 89.7 cm³/mol. The van der Waals surface area contributed by atoms with E-state index in [0.29, 0.717) is 44.8 Å². The summed E-state index contributed by atoms with van der Waals surface area (Å²) in [5.74, 6) is -0.0960. The van der Waals surface area contributed by atoms with E-state index < -0.39 is 0 Å². The summed E-state index contributed by atoms with van der Waals surface area (Å²) in [7, 11) is 0. The Kier molecular flexibility index (Phi) is 4.95. The van der Waals surface area contributed by atoms with Crippen LogP contribution in [0.25, 0.3) is 0 Å². The van der Waals surface area contributed by atoms with E-state index in [0.717, 1.165) is 4.47 Å². The molecule has 0 unspecified atom stereocenters. The molecule has 0 bridgehead atoms. The maximum absolute atomic E-state index is 13.8. The fourth-order valence-corrected chi connectivity index (χ4v) is 3.06. The minimum Gasteiger partial charge on any atom is -0.366 e. The van der Waals surface area contributed by atoms with Gasteiger partial charge in [-0.2, -0.15) is 5.10 Å². The molecule has 7 heteroatoms. The van der Waals surface area contributed by atoms with E-state index in [-0.39, 0.29) is 11.7 Å². The normalized spacial score (nSPS) is 15.0. The quantitative estimate of drug-likeness (QED) is 0.818. The first-order valence-corrected chi connectivity index (χ1v) is 8.38. The molecule has 2 heterocycles. The van der Waals surface area contributed by atoms with Gasteiger partial charge in [-0.05, 0) is 28.1 Å². The number of aromatic nitrogens is 2. The van der Waals surface area contributed by atoms with Gasteiger partial charge in [-0.1, -0.05) is 12.1 Å². The standard InChI is InChI=1S/C16H18BrFN4O/c17-13-11-19-22(12-13)6-5-16(23)21-9-7-20(8-10-21)15-4-2-1-3-14(15)18/h1-4,11-12H,5-10H2. The summed E-state index contributed by atoms with van der Waals surface area (Å²) >= 11 is 3.34. The third-order valence-electron chi connectivity index (χ3n) is 3.98. The van der Waals surface area contributed by atoms with Crippen LogP contribution >= 0.6 is 15.9 Å². The van der Waals surface area contributed by atoms with Crippen LogP contribution in [0.1, 0.15) is 6.42 Å². The Bertz CT molecular complexity index is 682. The zero-order valence-corrected chi connectivity index (χ0v) is 14.2. The third-order valence-corrected chi connectivity index (χ3v) is 4.39. The fourth-order valence-electron chi connectivity index (χ4n) is 2.73. The van der Waals surface area contributed by atoms with E-state index in [1.165, 1.54) is 6.07 Å². The van der Waals surface area contributed by atoms with Crippen LogP contribution in [0.5, 0.6) is 0 Å². The van der Waals surface area contributed by atoms with E-state index in [2.05, 4.69) is 21.0 Å². The van der Waals surface area contributed by atoms with Crippen molar-refractivity contribution in [1.29, 1.82) is 0 Å². The van der Waals surface area contributed by atoms with Crippen molar-refractivity contribution < 1.29 is 9.18 Å². The second-order valence-electron chi connectivity index (χ2n) is 5.49. The SMILES string of the molecule is O=C(CCn1cc(Br)cn1)N1CCN(c2ccccc2F)CC1. The number of anilines is 1. The van der Waals surface area contributed by atoms with Gasteiger partial charge in [0.1, 0.15) is 5.82 Å². The van der Waals surface area contributed by atoms with Gasteiger partial charge in [0, 0.05) is 45.3 Å². The van der Waals surface area contributed by atoms with Crippen LogP contribution in [0.2, 0.25) is 0 Å². The van der Waals surface area contributed by atoms with Crippen LogP contribution in [0.15, 0.2) is 41.1 Å². The molecule has 0 aliphatic carbocycles. The van der Waals surface area contributed by atoms with Gasteiger partial charge in [0.2, 0.25) is 5.91 Å². The van der Waals surface area contributed by atoms with Gasteiger partial charge in [-0.3, -0.25) is 9.48 Å². The Morgan fingerprint density at radius 1 is 1.22 bits per heavy atom. The number of halogens is 2. The zero-order chi connectivity index (χ0) is 16.2. The average molecular weight is 381 g/mol. The van der Waals surface area contributed by atoms with Crippen LogP contribution in [0, 0.1) is 5.82 Å². The van der Waals surface area contributed by atoms with E-state index in [1.807, 2.05) is 22.1 Å². The molecule has 1 fully saturated rings. The van der Waals surface area contributed by atoms with Crippen LogP contribution in [0.4, 0.5) is 10.1 Å². The number of aryl methyl sites for hydroxylation is 1. The number of hydrogen-bond donors (Lipinski definition) is 0. The summed E-state index contributed by atoms with van der Waals surface area (Å²) in [6.07, 6.45) is 3.98. The van der Waals surface area contributed by atoms with Crippen molar-refractivity contribution in [2.75, 3.05) is 31.1 Å².